The first-order valence-corrected chi connectivity index (χ1v) is 12.7. The number of methoxy groups -OCH3 is 1. The highest BCUT2D eigenvalue weighted by atomic mass is 16.5. The summed E-state index contributed by atoms with van der Waals surface area (Å²) in [6, 6.07) is 19.4. The fourth-order valence-electron chi connectivity index (χ4n) is 6.17. The summed E-state index contributed by atoms with van der Waals surface area (Å²) in [5.41, 5.74) is 14.9. The van der Waals surface area contributed by atoms with Crippen molar-refractivity contribution < 1.29 is 4.74 Å². The summed E-state index contributed by atoms with van der Waals surface area (Å²) in [6.07, 6.45) is 1.87. The van der Waals surface area contributed by atoms with E-state index in [1.54, 1.807) is 7.11 Å². The van der Waals surface area contributed by atoms with E-state index < -0.39 is 0 Å². The largest absolute Gasteiger partial charge is 0.497 e. The van der Waals surface area contributed by atoms with Gasteiger partial charge in [-0.15, -0.1) is 0 Å². The third-order valence-electron chi connectivity index (χ3n) is 7.46. The number of aromatic nitrogens is 3. The summed E-state index contributed by atoms with van der Waals surface area (Å²) < 4.78 is 7.96. The molecule has 4 nitrogen and oxygen atoms in total. The molecule has 0 N–H and O–H groups in total. The zero-order chi connectivity index (χ0) is 26.0. The fraction of sp³-hybridized carbons (Fsp3) is 0.212. The molecule has 4 heteroatoms. The van der Waals surface area contributed by atoms with Crippen molar-refractivity contribution >= 4 is 27.5 Å². The summed E-state index contributed by atoms with van der Waals surface area (Å²) in [5.74, 6) is 0.807. The van der Waals surface area contributed by atoms with Crippen molar-refractivity contribution in [3.8, 4) is 28.3 Å². The minimum atomic E-state index is 0.807. The number of fused-ring (bicyclic) bond motifs is 6. The van der Waals surface area contributed by atoms with Crippen molar-refractivity contribution in [1.82, 2.24) is 14.4 Å². The summed E-state index contributed by atoms with van der Waals surface area (Å²) in [4.78, 5) is 10.3. The number of benzene rings is 3. The Morgan fingerprint density at radius 2 is 1.32 bits per heavy atom. The molecule has 3 aromatic heterocycles. The molecular weight excluding hydrogens is 454 g/mol. The van der Waals surface area contributed by atoms with Crippen molar-refractivity contribution in [2.45, 2.75) is 41.5 Å². The number of hydrogen-bond acceptors (Lipinski definition) is 3. The molecule has 0 aliphatic carbocycles. The molecule has 184 valence electrons. The van der Waals surface area contributed by atoms with Crippen LogP contribution in [0.4, 0.5) is 0 Å². The number of ether oxygens (including phenoxy) is 1. The fourth-order valence-corrected chi connectivity index (χ4v) is 6.17. The minimum absolute atomic E-state index is 0.807. The maximum Gasteiger partial charge on any atom is 0.146 e. The third-order valence-corrected chi connectivity index (χ3v) is 7.46. The molecule has 6 aromatic rings. The Morgan fingerprint density at radius 3 is 1.95 bits per heavy atom. The van der Waals surface area contributed by atoms with Crippen LogP contribution < -0.4 is 4.74 Å². The molecule has 0 saturated carbocycles. The van der Waals surface area contributed by atoms with Crippen molar-refractivity contribution in [3.05, 3.63) is 94.2 Å². The predicted molar refractivity (Wildman–Crippen MR) is 154 cm³/mol. The second kappa shape index (κ2) is 8.45. The van der Waals surface area contributed by atoms with Crippen LogP contribution in [-0.2, 0) is 0 Å². The summed E-state index contributed by atoms with van der Waals surface area (Å²) >= 11 is 0. The minimum Gasteiger partial charge on any atom is -0.497 e. The summed E-state index contributed by atoms with van der Waals surface area (Å²) in [7, 11) is 1.71. The third kappa shape index (κ3) is 3.51. The maximum absolute atomic E-state index is 5.63. The first kappa shape index (κ1) is 23.2. The van der Waals surface area contributed by atoms with Gasteiger partial charge in [0.05, 0.1) is 29.5 Å². The second-order valence-electron chi connectivity index (χ2n) is 10.3. The van der Waals surface area contributed by atoms with Gasteiger partial charge in [0.25, 0.3) is 0 Å². The first-order chi connectivity index (χ1) is 17.8. The maximum atomic E-state index is 5.63. The normalized spacial score (nSPS) is 11.6. The van der Waals surface area contributed by atoms with Crippen LogP contribution in [0.25, 0.3) is 50.0 Å². The van der Waals surface area contributed by atoms with Gasteiger partial charge in [-0.25, -0.2) is 4.98 Å². The molecule has 3 heterocycles. The van der Waals surface area contributed by atoms with Gasteiger partial charge in [0.15, 0.2) is 0 Å². The lowest BCUT2D eigenvalue weighted by Crippen LogP contribution is -2.00. The number of imidazole rings is 1. The Morgan fingerprint density at radius 1 is 0.703 bits per heavy atom. The van der Waals surface area contributed by atoms with E-state index >= 15 is 0 Å². The van der Waals surface area contributed by atoms with Crippen LogP contribution in [0.2, 0.25) is 0 Å². The molecule has 37 heavy (non-hydrogen) atoms. The van der Waals surface area contributed by atoms with Gasteiger partial charge < -0.3 is 4.74 Å². The van der Waals surface area contributed by atoms with Gasteiger partial charge in [0, 0.05) is 28.1 Å². The quantitative estimate of drug-likeness (QED) is 0.237. The lowest BCUT2D eigenvalue weighted by atomic mass is 9.91. The van der Waals surface area contributed by atoms with Gasteiger partial charge in [-0.2, -0.15) is 0 Å². The Kier molecular flexibility index (Phi) is 5.30. The van der Waals surface area contributed by atoms with Crippen LogP contribution in [-0.4, -0.2) is 21.5 Å². The topological polar surface area (TPSA) is 39.4 Å². The molecule has 0 fully saturated rings. The van der Waals surface area contributed by atoms with Crippen LogP contribution in [0.15, 0.2) is 60.8 Å². The summed E-state index contributed by atoms with van der Waals surface area (Å²) in [6.45, 7) is 13.1. The Labute approximate surface area is 217 Å². The van der Waals surface area contributed by atoms with Crippen molar-refractivity contribution in [3.63, 3.8) is 0 Å². The van der Waals surface area contributed by atoms with Crippen molar-refractivity contribution in [2.75, 3.05) is 7.11 Å². The highest BCUT2D eigenvalue weighted by molar-refractivity contribution is 6.12. The molecule has 0 amide bonds. The van der Waals surface area contributed by atoms with Gasteiger partial charge in [-0.05, 0) is 94.1 Å². The van der Waals surface area contributed by atoms with Gasteiger partial charge in [-0.1, -0.05) is 35.4 Å². The SMILES string of the molecule is COc1ccc2c(c1)c1nc(-c3c(C)cc(C)cc3C)c(-c3c(C)cc(C)cc3C)n1c1cccnc21. The van der Waals surface area contributed by atoms with Gasteiger partial charge >= 0.3 is 0 Å². The lowest BCUT2D eigenvalue weighted by Gasteiger charge is -2.17. The van der Waals surface area contributed by atoms with E-state index in [-0.39, 0.29) is 0 Å². The highest BCUT2D eigenvalue weighted by Crippen LogP contribution is 2.43. The molecule has 6 rings (SSSR count). The van der Waals surface area contributed by atoms with Crippen LogP contribution in [0.5, 0.6) is 5.75 Å². The average Bonchev–Trinajstić information content (AvgIpc) is 3.22. The Balaban J connectivity index is 1.92. The number of hydrogen-bond donors (Lipinski definition) is 0. The molecule has 0 radical (unpaired) electrons. The number of aryl methyl sites for hydroxylation is 6. The van der Waals surface area contributed by atoms with Gasteiger partial charge in [0.2, 0.25) is 0 Å². The molecule has 0 atom stereocenters. The molecule has 0 saturated heterocycles. The highest BCUT2D eigenvalue weighted by Gasteiger charge is 2.25. The summed E-state index contributed by atoms with van der Waals surface area (Å²) in [5, 5.41) is 2.10. The van der Waals surface area contributed by atoms with E-state index in [4.69, 9.17) is 14.7 Å². The van der Waals surface area contributed by atoms with E-state index in [1.807, 2.05) is 18.3 Å². The number of nitrogens with zero attached hydrogens (tertiary/aromatic N) is 3. The van der Waals surface area contributed by atoms with E-state index in [1.165, 1.54) is 44.5 Å². The van der Waals surface area contributed by atoms with Crippen molar-refractivity contribution in [2.24, 2.45) is 0 Å². The van der Waals surface area contributed by atoms with Gasteiger partial charge in [0.1, 0.15) is 11.4 Å². The Bertz CT molecular complexity index is 1830. The number of pyridine rings is 2. The van der Waals surface area contributed by atoms with Gasteiger partial charge in [-0.3, -0.25) is 9.38 Å². The molecule has 0 aliphatic rings. The standard InChI is InChI=1S/C33H31N3O/c1-18-13-20(3)28(21(4)14-18)31-32(29-22(5)15-19(2)16-23(29)6)36-27-9-8-12-34-30(27)25-11-10-24(37-7)17-26(25)33(36)35-31/h8-17H,1-7H3. The van der Waals surface area contributed by atoms with E-state index in [0.717, 1.165) is 44.6 Å². The van der Waals surface area contributed by atoms with Crippen molar-refractivity contribution in [1.29, 1.82) is 0 Å². The van der Waals surface area contributed by atoms with Crippen LogP contribution in [0.1, 0.15) is 33.4 Å². The van der Waals surface area contributed by atoms with Crippen LogP contribution in [0, 0.1) is 41.5 Å². The van der Waals surface area contributed by atoms with E-state index in [9.17, 15) is 0 Å². The molecule has 3 aromatic carbocycles. The lowest BCUT2D eigenvalue weighted by molar-refractivity contribution is 0.415. The second-order valence-corrected chi connectivity index (χ2v) is 10.3. The molecule has 0 bridgehead atoms. The molecule has 0 unspecified atom stereocenters. The zero-order valence-corrected chi connectivity index (χ0v) is 22.5. The first-order valence-electron chi connectivity index (χ1n) is 12.7. The Hall–Kier alpha value is -4.18. The molecule has 0 spiro atoms. The zero-order valence-electron chi connectivity index (χ0n) is 22.5. The van der Waals surface area contributed by atoms with E-state index in [2.05, 4.69) is 88.4 Å². The average molecular weight is 486 g/mol. The molecular formula is C33H31N3O. The number of rotatable bonds is 3. The predicted octanol–water partition coefficient (Wildman–Crippen LogP) is 8.23. The van der Waals surface area contributed by atoms with E-state index in [0.29, 0.717) is 0 Å². The van der Waals surface area contributed by atoms with Crippen LogP contribution in [0.3, 0.4) is 0 Å². The van der Waals surface area contributed by atoms with Crippen LogP contribution >= 0.6 is 0 Å². The smallest absolute Gasteiger partial charge is 0.146 e. The monoisotopic (exact) mass is 485 g/mol. The molecule has 0 aliphatic heterocycles.